The summed E-state index contributed by atoms with van der Waals surface area (Å²) in [5.74, 6) is 0.663. The molecule has 0 N–H and O–H groups in total. The summed E-state index contributed by atoms with van der Waals surface area (Å²) in [5, 5.41) is 0. The van der Waals surface area contributed by atoms with E-state index in [-0.39, 0.29) is 4.90 Å². The molecule has 1 aromatic rings. The van der Waals surface area contributed by atoms with Crippen LogP contribution >= 0.6 is 10.7 Å². The summed E-state index contributed by atoms with van der Waals surface area (Å²) in [7, 11) is 5.61. The lowest BCUT2D eigenvalue weighted by Gasteiger charge is -2.13. The van der Waals surface area contributed by atoms with Crippen molar-refractivity contribution in [2.45, 2.75) is 18.7 Å². The van der Waals surface area contributed by atoms with Crippen LogP contribution in [0.1, 0.15) is 11.1 Å². The van der Waals surface area contributed by atoms with E-state index in [9.17, 15) is 8.42 Å². The minimum atomic E-state index is -3.71. The van der Waals surface area contributed by atoms with Gasteiger partial charge in [0.1, 0.15) is 12.4 Å². The SMILES string of the molecule is Cc1cc(OCCN(C)C)cc(C)c1S(=O)(=O)Cl. The summed E-state index contributed by atoms with van der Waals surface area (Å²) in [5.41, 5.74) is 1.20. The molecular formula is C12H18ClNO3S. The lowest BCUT2D eigenvalue weighted by Crippen LogP contribution is -2.19. The first-order valence-electron chi connectivity index (χ1n) is 5.55. The van der Waals surface area contributed by atoms with E-state index in [1.54, 1.807) is 26.0 Å². The van der Waals surface area contributed by atoms with Gasteiger partial charge in [0.25, 0.3) is 9.05 Å². The maximum atomic E-state index is 11.4. The molecule has 0 aromatic heterocycles. The molecule has 0 unspecified atom stereocenters. The van der Waals surface area contributed by atoms with Crippen LogP contribution in [-0.4, -0.2) is 40.6 Å². The first-order valence-corrected chi connectivity index (χ1v) is 7.86. The maximum Gasteiger partial charge on any atom is 0.261 e. The monoisotopic (exact) mass is 291 g/mol. The van der Waals surface area contributed by atoms with Crippen molar-refractivity contribution in [1.82, 2.24) is 4.90 Å². The van der Waals surface area contributed by atoms with Gasteiger partial charge in [-0.2, -0.15) is 0 Å². The van der Waals surface area contributed by atoms with Gasteiger partial charge in [0.15, 0.2) is 0 Å². The molecule has 0 spiro atoms. The van der Waals surface area contributed by atoms with Crippen LogP contribution in [0.2, 0.25) is 0 Å². The lowest BCUT2D eigenvalue weighted by molar-refractivity contribution is 0.261. The van der Waals surface area contributed by atoms with Gasteiger partial charge in [-0.15, -0.1) is 0 Å². The van der Waals surface area contributed by atoms with Crippen LogP contribution in [0.15, 0.2) is 17.0 Å². The Kier molecular flexibility index (Phi) is 5.01. The average molecular weight is 292 g/mol. The molecule has 4 nitrogen and oxygen atoms in total. The van der Waals surface area contributed by atoms with Crippen LogP contribution in [-0.2, 0) is 9.05 Å². The van der Waals surface area contributed by atoms with Crippen molar-refractivity contribution in [3.63, 3.8) is 0 Å². The first kappa shape index (κ1) is 15.3. The van der Waals surface area contributed by atoms with Crippen molar-refractivity contribution in [2.75, 3.05) is 27.2 Å². The van der Waals surface area contributed by atoms with Gasteiger partial charge in [-0.25, -0.2) is 8.42 Å². The number of benzene rings is 1. The van der Waals surface area contributed by atoms with Crippen LogP contribution in [0.3, 0.4) is 0 Å². The van der Waals surface area contributed by atoms with Gasteiger partial charge < -0.3 is 9.64 Å². The van der Waals surface area contributed by atoms with E-state index in [0.717, 1.165) is 6.54 Å². The quantitative estimate of drug-likeness (QED) is 0.780. The number of aryl methyl sites for hydroxylation is 2. The van der Waals surface area contributed by atoms with Crippen LogP contribution in [0.5, 0.6) is 5.75 Å². The number of hydrogen-bond donors (Lipinski definition) is 0. The fourth-order valence-electron chi connectivity index (χ4n) is 1.72. The molecule has 0 amide bonds. The number of likely N-dealkylation sites (N-methyl/N-ethyl adjacent to an activating group) is 1. The van der Waals surface area contributed by atoms with Gasteiger partial charge >= 0.3 is 0 Å². The molecule has 0 atom stereocenters. The fourth-order valence-corrected chi connectivity index (χ4v) is 3.34. The zero-order valence-electron chi connectivity index (χ0n) is 11.0. The molecule has 0 fully saturated rings. The zero-order valence-corrected chi connectivity index (χ0v) is 12.6. The Balaban J connectivity index is 2.94. The molecule has 18 heavy (non-hydrogen) atoms. The standard InChI is InChI=1S/C12H18ClNO3S/c1-9-7-11(17-6-5-14(3)4)8-10(2)12(9)18(13,15)16/h7-8H,5-6H2,1-4H3. The molecule has 1 rings (SSSR count). The Morgan fingerprint density at radius 2 is 1.72 bits per heavy atom. The number of nitrogens with zero attached hydrogens (tertiary/aromatic N) is 1. The van der Waals surface area contributed by atoms with Crippen molar-refractivity contribution in [3.8, 4) is 5.75 Å². The van der Waals surface area contributed by atoms with Crippen molar-refractivity contribution in [3.05, 3.63) is 23.3 Å². The van der Waals surface area contributed by atoms with Gasteiger partial charge in [0, 0.05) is 17.2 Å². The highest BCUT2D eigenvalue weighted by molar-refractivity contribution is 8.13. The molecule has 0 heterocycles. The molecule has 0 saturated heterocycles. The van der Waals surface area contributed by atoms with Crippen LogP contribution in [0.4, 0.5) is 0 Å². The fraction of sp³-hybridized carbons (Fsp3) is 0.500. The van der Waals surface area contributed by atoms with Crippen molar-refractivity contribution in [1.29, 1.82) is 0 Å². The molecule has 0 radical (unpaired) electrons. The highest BCUT2D eigenvalue weighted by atomic mass is 35.7. The summed E-state index contributed by atoms with van der Waals surface area (Å²) in [4.78, 5) is 2.18. The van der Waals surface area contributed by atoms with E-state index in [0.29, 0.717) is 23.5 Å². The normalized spacial score (nSPS) is 11.9. The molecule has 6 heteroatoms. The summed E-state index contributed by atoms with van der Waals surface area (Å²) < 4.78 is 28.4. The molecule has 0 bridgehead atoms. The van der Waals surface area contributed by atoms with Gasteiger partial charge in [-0.1, -0.05) is 0 Å². The van der Waals surface area contributed by atoms with Crippen molar-refractivity contribution < 1.29 is 13.2 Å². The second-order valence-corrected chi connectivity index (χ2v) is 6.98. The largest absolute Gasteiger partial charge is 0.492 e. The number of rotatable bonds is 5. The Bertz CT molecular complexity index is 503. The van der Waals surface area contributed by atoms with Gasteiger partial charge in [0.05, 0.1) is 4.90 Å². The topological polar surface area (TPSA) is 46.6 Å². The molecule has 0 saturated carbocycles. The lowest BCUT2D eigenvalue weighted by atomic mass is 10.1. The molecular weight excluding hydrogens is 274 g/mol. The van der Waals surface area contributed by atoms with E-state index >= 15 is 0 Å². The molecule has 0 aliphatic rings. The summed E-state index contributed by atoms with van der Waals surface area (Å²) in [6.07, 6.45) is 0. The predicted molar refractivity (Wildman–Crippen MR) is 73.0 cm³/mol. The summed E-state index contributed by atoms with van der Waals surface area (Å²) in [6, 6.07) is 3.38. The Morgan fingerprint density at radius 1 is 1.22 bits per heavy atom. The minimum Gasteiger partial charge on any atom is -0.492 e. The van der Waals surface area contributed by atoms with Crippen LogP contribution in [0, 0.1) is 13.8 Å². The minimum absolute atomic E-state index is 0.170. The van der Waals surface area contributed by atoms with Crippen LogP contribution < -0.4 is 4.74 Å². The predicted octanol–water partition coefficient (Wildman–Crippen LogP) is 2.17. The average Bonchev–Trinajstić information content (AvgIpc) is 2.12. The van der Waals surface area contributed by atoms with Gasteiger partial charge in [0.2, 0.25) is 0 Å². The third kappa shape index (κ3) is 4.15. The van der Waals surface area contributed by atoms with Gasteiger partial charge in [-0.3, -0.25) is 0 Å². The number of halogens is 1. The Labute approximate surface area is 113 Å². The molecule has 1 aromatic carbocycles. The Morgan fingerprint density at radius 3 is 2.11 bits per heavy atom. The second kappa shape index (κ2) is 5.91. The smallest absolute Gasteiger partial charge is 0.261 e. The highest BCUT2D eigenvalue weighted by Gasteiger charge is 2.17. The first-order chi connectivity index (χ1) is 8.21. The highest BCUT2D eigenvalue weighted by Crippen LogP contribution is 2.28. The summed E-state index contributed by atoms with van der Waals surface area (Å²) in [6.45, 7) is 4.77. The third-order valence-electron chi connectivity index (χ3n) is 2.48. The van der Waals surface area contributed by atoms with Crippen molar-refractivity contribution >= 4 is 19.7 Å². The second-order valence-electron chi connectivity index (χ2n) is 4.48. The molecule has 0 aliphatic carbocycles. The van der Waals surface area contributed by atoms with Crippen LogP contribution in [0.25, 0.3) is 0 Å². The van der Waals surface area contributed by atoms with E-state index in [1.165, 1.54) is 0 Å². The molecule has 102 valence electrons. The molecule has 0 aliphatic heterocycles. The number of ether oxygens (including phenoxy) is 1. The maximum absolute atomic E-state index is 11.4. The third-order valence-corrected chi connectivity index (χ3v) is 4.08. The van der Waals surface area contributed by atoms with E-state index in [1.807, 2.05) is 19.0 Å². The summed E-state index contributed by atoms with van der Waals surface area (Å²) >= 11 is 0. The number of hydrogen-bond acceptors (Lipinski definition) is 4. The van der Waals surface area contributed by atoms with E-state index < -0.39 is 9.05 Å². The zero-order chi connectivity index (χ0) is 13.9. The van der Waals surface area contributed by atoms with E-state index in [2.05, 4.69) is 0 Å². The Hall–Kier alpha value is -0.780. The van der Waals surface area contributed by atoms with Crippen molar-refractivity contribution in [2.24, 2.45) is 0 Å². The van der Waals surface area contributed by atoms with E-state index in [4.69, 9.17) is 15.4 Å². The van der Waals surface area contributed by atoms with Gasteiger partial charge in [-0.05, 0) is 51.2 Å².